The first-order valence-electron chi connectivity index (χ1n) is 7.98. The van der Waals surface area contributed by atoms with Crippen molar-refractivity contribution in [2.24, 2.45) is 0 Å². The Bertz CT molecular complexity index is 961. The van der Waals surface area contributed by atoms with Gasteiger partial charge in [-0.2, -0.15) is 5.10 Å². The van der Waals surface area contributed by atoms with Crippen LogP contribution in [-0.4, -0.2) is 22.2 Å². The molecule has 2 heterocycles. The highest BCUT2D eigenvalue weighted by Crippen LogP contribution is 2.28. The number of ketones is 1. The van der Waals surface area contributed by atoms with E-state index in [2.05, 4.69) is 5.10 Å². The van der Waals surface area contributed by atoms with Gasteiger partial charge in [-0.05, 0) is 36.4 Å². The van der Waals surface area contributed by atoms with Gasteiger partial charge in [0.15, 0.2) is 5.78 Å². The smallest absolute Gasteiger partial charge is 0.192 e. The molecule has 0 N–H and O–H groups in total. The highest BCUT2D eigenvalue weighted by Gasteiger charge is 2.22. The van der Waals surface area contributed by atoms with E-state index in [1.54, 1.807) is 17.0 Å². The van der Waals surface area contributed by atoms with Crippen molar-refractivity contribution in [1.82, 2.24) is 9.78 Å². The van der Waals surface area contributed by atoms with Crippen LogP contribution < -0.4 is 4.74 Å². The third kappa shape index (κ3) is 3.08. The Balaban J connectivity index is 1.67. The van der Waals surface area contributed by atoms with Crippen molar-refractivity contribution in [3.05, 3.63) is 83.4 Å². The van der Waals surface area contributed by atoms with Gasteiger partial charge in [-0.25, -0.2) is 9.07 Å². The van der Waals surface area contributed by atoms with E-state index >= 15 is 0 Å². The fraction of sp³-hybridized carbons (Fsp3) is 0.100. The van der Waals surface area contributed by atoms with Crippen LogP contribution in [0.15, 0.2) is 66.5 Å². The van der Waals surface area contributed by atoms with Gasteiger partial charge in [0.05, 0.1) is 24.1 Å². The second kappa shape index (κ2) is 6.36. The minimum Gasteiger partial charge on any atom is -0.492 e. The zero-order valence-electron chi connectivity index (χ0n) is 13.4. The number of aromatic nitrogens is 2. The van der Waals surface area contributed by atoms with Crippen LogP contribution in [-0.2, 0) is 0 Å². The molecule has 1 aliphatic heterocycles. The van der Waals surface area contributed by atoms with Crippen molar-refractivity contribution in [3.63, 3.8) is 0 Å². The Morgan fingerprint density at radius 2 is 2.00 bits per heavy atom. The zero-order valence-corrected chi connectivity index (χ0v) is 13.4. The van der Waals surface area contributed by atoms with Gasteiger partial charge in [-0.3, -0.25) is 4.79 Å². The number of halogens is 1. The molecule has 2 aromatic carbocycles. The predicted octanol–water partition coefficient (Wildman–Crippen LogP) is 4.06. The summed E-state index contributed by atoms with van der Waals surface area (Å²) in [4.78, 5) is 12.7. The molecular formula is C20H15FN2O2. The maximum Gasteiger partial charge on any atom is 0.192 e. The molecule has 0 spiro atoms. The number of hydrogen-bond donors (Lipinski definition) is 0. The van der Waals surface area contributed by atoms with Crippen molar-refractivity contribution >= 4 is 11.9 Å². The molecule has 0 bridgehead atoms. The van der Waals surface area contributed by atoms with E-state index < -0.39 is 5.82 Å². The summed E-state index contributed by atoms with van der Waals surface area (Å²) >= 11 is 0. The largest absolute Gasteiger partial charge is 0.492 e. The van der Waals surface area contributed by atoms with Crippen molar-refractivity contribution in [1.29, 1.82) is 0 Å². The number of ether oxygens (including phenoxy) is 1. The summed E-state index contributed by atoms with van der Waals surface area (Å²) in [5, 5.41) is 4.33. The summed E-state index contributed by atoms with van der Waals surface area (Å²) in [7, 11) is 0. The number of benzene rings is 2. The van der Waals surface area contributed by atoms with Gasteiger partial charge in [0, 0.05) is 23.8 Å². The van der Waals surface area contributed by atoms with Crippen LogP contribution in [0.5, 0.6) is 5.75 Å². The van der Waals surface area contributed by atoms with Crippen molar-refractivity contribution < 1.29 is 13.9 Å². The Morgan fingerprint density at radius 1 is 1.16 bits per heavy atom. The molecule has 0 radical (unpaired) electrons. The van der Waals surface area contributed by atoms with Crippen LogP contribution in [0, 0.1) is 5.82 Å². The van der Waals surface area contributed by atoms with Gasteiger partial charge >= 0.3 is 0 Å². The number of carbonyl (C=O) groups is 1. The van der Waals surface area contributed by atoms with Crippen LogP contribution in [0.1, 0.15) is 22.3 Å². The Kier molecular flexibility index (Phi) is 3.90. The third-order valence-electron chi connectivity index (χ3n) is 4.07. The van der Waals surface area contributed by atoms with E-state index in [1.165, 1.54) is 18.2 Å². The number of nitrogens with zero attached hydrogens (tertiary/aromatic N) is 2. The lowest BCUT2D eigenvalue weighted by atomic mass is 10.00. The normalized spacial score (nSPS) is 15.6. The van der Waals surface area contributed by atoms with E-state index in [0.29, 0.717) is 24.4 Å². The standard InChI is InChI=1S/C20H15FN2O2/c21-16-6-7-19-18(11-16)20(24)15(8-9-25-19)10-14-12-22-23(13-14)17-4-2-1-3-5-17/h1-7,10-13H,8-9H2. The van der Waals surface area contributed by atoms with Crippen LogP contribution in [0.2, 0.25) is 0 Å². The predicted molar refractivity (Wildman–Crippen MR) is 92.4 cm³/mol. The van der Waals surface area contributed by atoms with Gasteiger partial charge in [0.1, 0.15) is 11.6 Å². The van der Waals surface area contributed by atoms with Crippen LogP contribution in [0.4, 0.5) is 4.39 Å². The van der Waals surface area contributed by atoms with Crippen LogP contribution >= 0.6 is 0 Å². The fourth-order valence-electron chi connectivity index (χ4n) is 2.84. The maximum absolute atomic E-state index is 13.5. The topological polar surface area (TPSA) is 44.1 Å². The quantitative estimate of drug-likeness (QED) is 0.664. The molecule has 0 atom stereocenters. The van der Waals surface area contributed by atoms with Crippen molar-refractivity contribution in [2.45, 2.75) is 6.42 Å². The highest BCUT2D eigenvalue weighted by molar-refractivity contribution is 6.13. The number of carbonyl (C=O) groups excluding carboxylic acids is 1. The lowest BCUT2D eigenvalue weighted by Crippen LogP contribution is -2.02. The summed E-state index contributed by atoms with van der Waals surface area (Å²) in [6, 6.07) is 13.7. The Labute approximate surface area is 144 Å². The van der Waals surface area contributed by atoms with E-state index in [4.69, 9.17) is 4.74 Å². The van der Waals surface area contributed by atoms with Gasteiger partial charge in [0.25, 0.3) is 0 Å². The highest BCUT2D eigenvalue weighted by atomic mass is 19.1. The number of rotatable bonds is 2. The summed E-state index contributed by atoms with van der Waals surface area (Å²) in [6.07, 6.45) is 5.81. The first kappa shape index (κ1) is 15.3. The number of fused-ring (bicyclic) bond motifs is 1. The van der Waals surface area contributed by atoms with E-state index in [0.717, 1.165) is 11.3 Å². The molecule has 0 unspecified atom stereocenters. The average Bonchev–Trinajstić information content (AvgIpc) is 3.05. The number of hydrogen-bond acceptors (Lipinski definition) is 3. The minimum atomic E-state index is -0.450. The van der Waals surface area contributed by atoms with E-state index in [1.807, 2.05) is 36.5 Å². The second-order valence-electron chi connectivity index (χ2n) is 5.79. The van der Waals surface area contributed by atoms with Crippen LogP contribution in [0.25, 0.3) is 11.8 Å². The molecule has 0 saturated heterocycles. The van der Waals surface area contributed by atoms with Gasteiger partial charge in [-0.1, -0.05) is 18.2 Å². The Morgan fingerprint density at radius 3 is 2.84 bits per heavy atom. The summed E-state index contributed by atoms with van der Waals surface area (Å²) in [6.45, 7) is 0.378. The molecular weight excluding hydrogens is 319 g/mol. The molecule has 124 valence electrons. The average molecular weight is 334 g/mol. The van der Waals surface area contributed by atoms with Crippen molar-refractivity contribution in [3.8, 4) is 11.4 Å². The van der Waals surface area contributed by atoms with Crippen LogP contribution in [0.3, 0.4) is 0 Å². The molecule has 1 aromatic heterocycles. The van der Waals surface area contributed by atoms with Crippen molar-refractivity contribution in [2.75, 3.05) is 6.61 Å². The molecule has 4 rings (SSSR count). The molecule has 0 fully saturated rings. The first-order chi connectivity index (χ1) is 12.2. The van der Waals surface area contributed by atoms with Gasteiger partial charge in [0.2, 0.25) is 0 Å². The van der Waals surface area contributed by atoms with E-state index in [9.17, 15) is 9.18 Å². The fourth-order valence-corrected chi connectivity index (χ4v) is 2.84. The number of para-hydroxylation sites is 1. The Hall–Kier alpha value is -3.21. The summed E-state index contributed by atoms with van der Waals surface area (Å²) < 4.78 is 20.8. The molecule has 3 aromatic rings. The van der Waals surface area contributed by atoms with Gasteiger partial charge < -0.3 is 4.74 Å². The third-order valence-corrected chi connectivity index (χ3v) is 4.07. The zero-order chi connectivity index (χ0) is 17.2. The second-order valence-corrected chi connectivity index (χ2v) is 5.79. The monoisotopic (exact) mass is 334 g/mol. The molecule has 0 aliphatic carbocycles. The SMILES string of the molecule is O=C1C(=Cc2cnn(-c3ccccc3)c2)CCOc2ccc(F)cc21. The maximum atomic E-state index is 13.5. The molecule has 1 aliphatic rings. The summed E-state index contributed by atoms with van der Waals surface area (Å²) in [5.74, 6) is -0.233. The van der Waals surface area contributed by atoms with Gasteiger partial charge in [-0.15, -0.1) is 0 Å². The minimum absolute atomic E-state index is 0.209. The molecule has 4 nitrogen and oxygen atoms in total. The van der Waals surface area contributed by atoms with E-state index in [-0.39, 0.29) is 11.3 Å². The number of Topliss-reactive ketones (excluding diaryl/α,β-unsaturated/α-hetero) is 1. The molecule has 25 heavy (non-hydrogen) atoms. The lowest BCUT2D eigenvalue weighted by molar-refractivity contribution is 0.103. The summed E-state index contributed by atoms with van der Waals surface area (Å²) in [5.41, 5.74) is 2.60. The first-order valence-corrected chi connectivity index (χ1v) is 7.98. The lowest BCUT2D eigenvalue weighted by Gasteiger charge is -2.04. The molecule has 5 heteroatoms. The molecule has 0 amide bonds. The molecule has 0 saturated carbocycles.